The number of methoxy groups -OCH3 is 1. The summed E-state index contributed by atoms with van der Waals surface area (Å²) >= 11 is 0. The third-order valence-corrected chi connectivity index (χ3v) is 4.35. The lowest BCUT2D eigenvalue weighted by molar-refractivity contribution is 0.0430. The molecular weight excluding hydrogens is 358 g/mol. The van der Waals surface area contributed by atoms with Crippen molar-refractivity contribution in [2.75, 3.05) is 25.1 Å². The van der Waals surface area contributed by atoms with Crippen molar-refractivity contribution in [3.8, 4) is 17.1 Å². The standard InChI is InChI=1S/C21H23N3O4/c1-4-24(5-2)17-11-9-15(10-12-17)21(25)27-14-19-22-20(23-28-19)16-7-6-8-18(13-16)26-3/h6-13H,4-5,14H2,1-3H3. The number of rotatable bonds is 8. The van der Waals surface area contributed by atoms with Gasteiger partial charge < -0.3 is 18.9 Å². The van der Waals surface area contributed by atoms with E-state index in [-0.39, 0.29) is 12.5 Å². The quantitative estimate of drug-likeness (QED) is 0.547. The second-order valence-corrected chi connectivity index (χ2v) is 6.04. The van der Waals surface area contributed by atoms with E-state index in [0.717, 1.165) is 24.3 Å². The Morgan fingerprint density at radius 2 is 1.86 bits per heavy atom. The molecule has 0 fully saturated rings. The highest BCUT2D eigenvalue weighted by molar-refractivity contribution is 5.89. The molecule has 0 N–H and O–H groups in total. The molecule has 3 aromatic rings. The van der Waals surface area contributed by atoms with Gasteiger partial charge in [0, 0.05) is 24.3 Å². The maximum absolute atomic E-state index is 12.3. The van der Waals surface area contributed by atoms with Crippen LogP contribution < -0.4 is 9.64 Å². The number of hydrogen-bond donors (Lipinski definition) is 0. The Balaban J connectivity index is 1.61. The summed E-state index contributed by atoms with van der Waals surface area (Å²) in [6.07, 6.45) is 0. The van der Waals surface area contributed by atoms with Gasteiger partial charge in [-0.2, -0.15) is 4.98 Å². The molecule has 2 aromatic carbocycles. The van der Waals surface area contributed by atoms with Crippen LogP contribution in [0.4, 0.5) is 5.69 Å². The van der Waals surface area contributed by atoms with Crippen LogP contribution >= 0.6 is 0 Å². The van der Waals surface area contributed by atoms with Crippen LogP contribution in [0.15, 0.2) is 53.1 Å². The van der Waals surface area contributed by atoms with E-state index in [0.29, 0.717) is 17.1 Å². The van der Waals surface area contributed by atoms with Gasteiger partial charge in [0.2, 0.25) is 5.82 Å². The summed E-state index contributed by atoms with van der Waals surface area (Å²) in [6, 6.07) is 14.7. The monoisotopic (exact) mass is 381 g/mol. The molecule has 1 aromatic heterocycles. The van der Waals surface area contributed by atoms with Gasteiger partial charge in [0.15, 0.2) is 6.61 Å². The lowest BCUT2D eigenvalue weighted by Crippen LogP contribution is -2.21. The molecular formula is C21H23N3O4. The molecule has 3 rings (SSSR count). The molecule has 0 aliphatic heterocycles. The number of carbonyl (C=O) groups is 1. The van der Waals surface area contributed by atoms with Gasteiger partial charge >= 0.3 is 5.97 Å². The van der Waals surface area contributed by atoms with Gasteiger partial charge in [-0.15, -0.1) is 0 Å². The number of aromatic nitrogens is 2. The SMILES string of the molecule is CCN(CC)c1ccc(C(=O)OCc2nc(-c3cccc(OC)c3)no2)cc1. The van der Waals surface area contributed by atoms with Crippen molar-refractivity contribution in [3.05, 3.63) is 60.0 Å². The first kappa shape index (κ1) is 19.4. The molecule has 0 saturated heterocycles. The molecule has 0 saturated carbocycles. The first-order valence-electron chi connectivity index (χ1n) is 9.13. The van der Waals surface area contributed by atoms with E-state index >= 15 is 0 Å². The van der Waals surface area contributed by atoms with Gasteiger partial charge in [0.25, 0.3) is 5.89 Å². The molecule has 28 heavy (non-hydrogen) atoms. The van der Waals surface area contributed by atoms with Crippen LogP contribution in [0.3, 0.4) is 0 Å². The summed E-state index contributed by atoms with van der Waals surface area (Å²) in [5.41, 5.74) is 2.30. The topological polar surface area (TPSA) is 77.7 Å². The minimum Gasteiger partial charge on any atom is -0.497 e. The maximum Gasteiger partial charge on any atom is 0.338 e. The fourth-order valence-corrected chi connectivity index (χ4v) is 2.80. The van der Waals surface area contributed by atoms with Crippen molar-refractivity contribution >= 4 is 11.7 Å². The summed E-state index contributed by atoms with van der Waals surface area (Å²) in [5, 5.41) is 3.92. The van der Waals surface area contributed by atoms with E-state index in [9.17, 15) is 4.79 Å². The highest BCUT2D eigenvalue weighted by Crippen LogP contribution is 2.21. The van der Waals surface area contributed by atoms with E-state index in [2.05, 4.69) is 28.9 Å². The zero-order valence-corrected chi connectivity index (χ0v) is 16.2. The van der Waals surface area contributed by atoms with Gasteiger partial charge in [-0.1, -0.05) is 17.3 Å². The van der Waals surface area contributed by atoms with Crippen molar-refractivity contribution in [1.82, 2.24) is 10.1 Å². The van der Waals surface area contributed by atoms with Crippen molar-refractivity contribution in [2.45, 2.75) is 20.5 Å². The van der Waals surface area contributed by atoms with Crippen molar-refractivity contribution in [2.24, 2.45) is 0 Å². The number of benzene rings is 2. The van der Waals surface area contributed by atoms with Crippen LogP contribution in [-0.4, -0.2) is 36.3 Å². The van der Waals surface area contributed by atoms with Crippen LogP contribution in [0, 0.1) is 0 Å². The average molecular weight is 381 g/mol. The van der Waals surface area contributed by atoms with Crippen molar-refractivity contribution < 1.29 is 18.8 Å². The number of esters is 1. The molecule has 0 aliphatic rings. The molecule has 0 aliphatic carbocycles. The van der Waals surface area contributed by atoms with Gasteiger partial charge in [0.05, 0.1) is 12.7 Å². The van der Waals surface area contributed by atoms with E-state index in [1.54, 1.807) is 25.3 Å². The largest absolute Gasteiger partial charge is 0.497 e. The lowest BCUT2D eigenvalue weighted by atomic mass is 10.2. The minimum absolute atomic E-state index is 0.0897. The first-order valence-corrected chi connectivity index (χ1v) is 9.13. The zero-order chi connectivity index (χ0) is 19.9. The molecule has 0 bridgehead atoms. The van der Waals surface area contributed by atoms with Gasteiger partial charge in [-0.3, -0.25) is 0 Å². The Labute approximate surface area is 163 Å². The molecule has 0 amide bonds. The molecule has 0 radical (unpaired) electrons. The Kier molecular flexibility index (Phi) is 6.26. The summed E-state index contributed by atoms with van der Waals surface area (Å²) in [6.45, 7) is 5.92. The van der Waals surface area contributed by atoms with Crippen LogP contribution in [0.2, 0.25) is 0 Å². The number of nitrogens with zero attached hydrogens (tertiary/aromatic N) is 3. The van der Waals surface area contributed by atoms with Crippen LogP contribution in [0.1, 0.15) is 30.1 Å². The van der Waals surface area contributed by atoms with Crippen molar-refractivity contribution in [3.63, 3.8) is 0 Å². The number of ether oxygens (including phenoxy) is 2. The normalized spacial score (nSPS) is 10.5. The Morgan fingerprint density at radius 1 is 1.11 bits per heavy atom. The highest BCUT2D eigenvalue weighted by atomic mass is 16.6. The predicted octanol–water partition coefficient (Wildman–Crippen LogP) is 3.95. The lowest BCUT2D eigenvalue weighted by Gasteiger charge is -2.20. The number of anilines is 1. The van der Waals surface area contributed by atoms with E-state index in [1.807, 2.05) is 30.3 Å². The van der Waals surface area contributed by atoms with Crippen LogP contribution in [-0.2, 0) is 11.3 Å². The summed E-state index contributed by atoms with van der Waals surface area (Å²) < 4.78 is 15.7. The minimum atomic E-state index is -0.438. The fourth-order valence-electron chi connectivity index (χ4n) is 2.80. The summed E-state index contributed by atoms with van der Waals surface area (Å²) in [4.78, 5) is 18.7. The number of hydrogen-bond acceptors (Lipinski definition) is 7. The van der Waals surface area contributed by atoms with E-state index in [1.165, 1.54) is 0 Å². The smallest absolute Gasteiger partial charge is 0.338 e. The van der Waals surface area contributed by atoms with Gasteiger partial charge in [0.1, 0.15) is 5.75 Å². The summed E-state index contributed by atoms with van der Waals surface area (Å²) in [7, 11) is 1.59. The van der Waals surface area contributed by atoms with E-state index in [4.69, 9.17) is 14.0 Å². The average Bonchev–Trinajstić information content (AvgIpc) is 3.22. The molecule has 1 heterocycles. The summed E-state index contributed by atoms with van der Waals surface area (Å²) in [5.74, 6) is 0.898. The maximum atomic E-state index is 12.3. The van der Waals surface area contributed by atoms with Crippen LogP contribution in [0.5, 0.6) is 5.75 Å². The second-order valence-electron chi connectivity index (χ2n) is 6.04. The third-order valence-electron chi connectivity index (χ3n) is 4.35. The number of carbonyl (C=O) groups excluding carboxylic acids is 1. The second kappa shape index (κ2) is 9.03. The Bertz CT molecular complexity index is 917. The molecule has 7 heteroatoms. The Morgan fingerprint density at radius 3 is 2.54 bits per heavy atom. The van der Waals surface area contributed by atoms with Gasteiger partial charge in [-0.05, 0) is 50.2 Å². The highest BCUT2D eigenvalue weighted by Gasteiger charge is 2.13. The molecule has 0 atom stereocenters. The molecule has 0 spiro atoms. The third kappa shape index (κ3) is 4.49. The Hall–Kier alpha value is -3.35. The molecule has 146 valence electrons. The zero-order valence-electron chi connectivity index (χ0n) is 16.2. The van der Waals surface area contributed by atoms with Crippen LogP contribution in [0.25, 0.3) is 11.4 Å². The molecule has 7 nitrogen and oxygen atoms in total. The van der Waals surface area contributed by atoms with Gasteiger partial charge in [-0.25, -0.2) is 4.79 Å². The van der Waals surface area contributed by atoms with Crippen molar-refractivity contribution in [1.29, 1.82) is 0 Å². The fraction of sp³-hybridized carbons (Fsp3) is 0.286. The predicted molar refractivity (Wildman–Crippen MR) is 105 cm³/mol. The van der Waals surface area contributed by atoms with E-state index < -0.39 is 5.97 Å². The molecule has 0 unspecified atom stereocenters. The first-order chi connectivity index (χ1) is 13.6.